The van der Waals surface area contributed by atoms with Crippen molar-refractivity contribution >= 4 is 21.9 Å². The zero-order valence-electron chi connectivity index (χ0n) is 13.9. The van der Waals surface area contributed by atoms with E-state index in [1.54, 1.807) is 12.1 Å². The van der Waals surface area contributed by atoms with Gasteiger partial charge in [-0.25, -0.2) is 4.79 Å². The highest BCUT2D eigenvalue weighted by molar-refractivity contribution is 9.10. The number of benzene rings is 2. The Hall–Kier alpha value is -1.81. The Balaban J connectivity index is 1.88. The van der Waals surface area contributed by atoms with Crippen LogP contribution in [0.4, 0.5) is 0 Å². The molecule has 0 aromatic heterocycles. The SMILES string of the molecule is Cc1cc(OC(c2ccc(C(=O)O)cc2)C2CCC2)cc(C)c1Br. The highest BCUT2D eigenvalue weighted by atomic mass is 79.9. The van der Waals surface area contributed by atoms with E-state index >= 15 is 0 Å². The Labute approximate surface area is 150 Å². The molecule has 0 aliphatic heterocycles. The Morgan fingerprint density at radius 3 is 2.21 bits per heavy atom. The number of hydrogen-bond donors (Lipinski definition) is 1. The number of carboxylic acids is 1. The highest BCUT2D eigenvalue weighted by Crippen LogP contribution is 2.41. The summed E-state index contributed by atoms with van der Waals surface area (Å²) in [5, 5.41) is 9.07. The molecule has 1 N–H and O–H groups in total. The summed E-state index contributed by atoms with van der Waals surface area (Å²) in [4.78, 5) is 11.0. The number of hydrogen-bond acceptors (Lipinski definition) is 2. The quantitative estimate of drug-likeness (QED) is 0.715. The van der Waals surface area contributed by atoms with Gasteiger partial charge in [0.2, 0.25) is 0 Å². The van der Waals surface area contributed by atoms with Gasteiger partial charge in [-0.15, -0.1) is 0 Å². The maximum absolute atomic E-state index is 11.0. The summed E-state index contributed by atoms with van der Waals surface area (Å²) >= 11 is 3.59. The van der Waals surface area contributed by atoms with Crippen molar-refractivity contribution in [1.29, 1.82) is 0 Å². The standard InChI is InChI=1S/C20H21BrO3/c1-12-10-17(11-13(2)18(12)21)24-19(14-4-3-5-14)15-6-8-16(9-7-15)20(22)23/h6-11,14,19H,3-5H2,1-2H3,(H,22,23). The number of carboxylic acid groups (broad SMARTS) is 1. The normalized spacial score (nSPS) is 15.6. The lowest BCUT2D eigenvalue weighted by molar-refractivity contribution is 0.0695. The third-order valence-corrected chi connectivity index (χ3v) is 5.99. The van der Waals surface area contributed by atoms with Gasteiger partial charge >= 0.3 is 5.97 Å². The van der Waals surface area contributed by atoms with Crippen LogP contribution in [0.25, 0.3) is 0 Å². The molecule has 1 fully saturated rings. The lowest BCUT2D eigenvalue weighted by atomic mass is 9.78. The molecule has 3 nitrogen and oxygen atoms in total. The lowest BCUT2D eigenvalue weighted by Gasteiger charge is -2.34. The average Bonchev–Trinajstić information content (AvgIpc) is 2.50. The van der Waals surface area contributed by atoms with Gasteiger partial charge in [-0.2, -0.15) is 0 Å². The van der Waals surface area contributed by atoms with Crippen LogP contribution in [0.15, 0.2) is 40.9 Å². The van der Waals surface area contributed by atoms with Gasteiger partial charge in [0.05, 0.1) is 5.56 Å². The van der Waals surface area contributed by atoms with E-state index in [0.717, 1.165) is 39.8 Å². The summed E-state index contributed by atoms with van der Waals surface area (Å²) in [7, 11) is 0. The third-order valence-electron chi connectivity index (χ3n) is 4.74. The molecule has 0 radical (unpaired) electrons. The summed E-state index contributed by atoms with van der Waals surface area (Å²) in [6.45, 7) is 4.12. The monoisotopic (exact) mass is 388 g/mol. The first-order valence-electron chi connectivity index (χ1n) is 8.22. The van der Waals surface area contributed by atoms with E-state index in [0.29, 0.717) is 11.5 Å². The third kappa shape index (κ3) is 3.48. The van der Waals surface area contributed by atoms with Crippen LogP contribution in [0, 0.1) is 19.8 Å². The summed E-state index contributed by atoms with van der Waals surface area (Å²) in [5.74, 6) is 0.458. The summed E-state index contributed by atoms with van der Waals surface area (Å²) < 4.78 is 7.47. The number of ether oxygens (including phenoxy) is 1. The fourth-order valence-corrected chi connectivity index (χ4v) is 3.34. The molecule has 1 saturated carbocycles. The number of halogens is 1. The van der Waals surface area contributed by atoms with Gasteiger partial charge in [0.25, 0.3) is 0 Å². The molecule has 1 aliphatic carbocycles. The molecule has 2 aromatic rings. The average molecular weight is 389 g/mol. The van der Waals surface area contributed by atoms with Crippen LogP contribution in [0.1, 0.15) is 52.4 Å². The molecule has 1 atom stereocenters. The Morgan fingerprint density at radius 1 is 1.17 bits per heavy atom. The summed E-state index contributed by atoms with van der Waals surface area (Å²) in [5.41, 5.74) is 3.65. The second-order valence-electron chi connectivity index (χ2n) is 6.53. The maximum Gasteiger partial charge on any atom is 0.335 e. The van der Waals surface area contributed by atoms with Gasteiger partial charge in [0, 0.05) is 10.4 Å². The van der Waals surface area contributed by atoms with Crippen LogP contribution in [-0.2, 0) is 0 Å². The number of rotatable bonds is 5. The van der Waals surface area contributed by atoms with E-state index < -0.39 is 5.97 Å². The molecule has 0 bridgehead atoms. The minimum atomic E-state index is -0.901. The zero-order chi connectivity index (χ0) is 17.3. The van der Waals surface area contributed by atoms with Gasteiger partial charge in [-0.1, -0.05) is 34.5 Å². The molecule has 0 heterocycles. The van der Waals surface area contributed by atoms with Crippen molar-refractivity contribution in [3.63, 3.8) is 0 Å². The molecule has 126 valence electrons. The Kier molecular flexibility index (Phi) is 4.95. The van der Waals surface area contributed by atoms with Crippen molar-refractivity contribution in [2.75, 3.05) is 0 Å². The van der Waals surface area contributed by atoms with Crippen LogP contribution >= 0.6 is 15.9 Å². The van der Waals surface area contributed by atoms with Crippen molar-refractivity contribution in [3.8, 4) is 5.75 Å². The second-order valence-corrected chi connectivity index (χ2v) is 7.32. The van der Waals surface area contributed by atoms with Crippen molar-refractivity contribution in [2.45, 2.75) is 39.2 Å². The topological polar surface area (TPSA) is 46.5 Å². The summed E-state index contributed by atoms with van der Waals surface area (Å²) in [6, 6.07) is 11.2. The summed E-state index contributed by atoms with van der Waals surface area (Å²) in [6.07, 6.45) is 3.51. The van der Waals surface area contributed by atoms with Crippen LogP contribution in [0.3, 0.4) is 0 Å². The minimum absolute atomic E-state index is 0.0263. The first-order chi connectivity index (χ1) is 11.5. The molecular formula is C20H21BrO3. The molecule has 2 aromatic carbocycles. The maximum atomic E-state index is 11.0. The smallest absolute Gasteiger partial charge is 0.335 e. The molecule has 0 saturated heterocycles. The number of carbonyl (C=O) groups is 1. The molecule has 0 amide bonds. The Morgan fingerprint density at radius 2 is 1.75 bits per heavy atom. The van der Waals surface area contributed by atoms with E-state index in [1.165, 1.54) is 6.42 Å². The largest absolute Gasteiger partial charge is 0.485 e. The van der Waals surface area contributed by atoms with E-state index in [1.807, 2.05) is 24.3 Å². The van der Waals surface area contributed by atoms with Gasteiger partial charge in [-0.3, -0.25) is 0 Å². The lowest BCUT2D eigenvalue weighted by Crippen LogP contribution is -2.25. The molecule has 3 rings (SSSR count). The van der Waals surface area contributed by atoms with Gasteiger partial charge in [0.15, 0.2) is 0 Å². The minimum Gasteiger partial charge on any atom is -0.485 e. The molecule has 1 aliphatic rings. The second kappa shape index (κ2) is 6.98. The fourth-order valence-electron chi connectivity index (χ4n) is 3.12. The van der Waals surface area contributed by atoms with Crippen molar-refractivity contribution in [2.24, 2.45) is 5.92 Å². The van der Waals surface area contributed by atoms with E-state index in [2.05, 4.69) is 29.8 Å². The van der Waals surface area contributed by atoms with E-state index in [9.17, 15) is 4.79 Å². The van der Waals surface area contributed by atoms with E-state index in [4.69, 9.17) is 9.84 Å². The molecule has 1 unspecified atom stereocenters. The van der Waals surface area contributed by atoms with Gasteiger partial charge in [-0.05, 0) is 67.6 Å². The predicted molar refractivity (Wildman–Crippen MR) is 97.7 cm³/mol. The Bertz CT molecular complexity index is 725. The number of aromatic carboxylic acids is 1. The molecule has 0 spiro atoms. The van der Waals surface area contributed by atoms with Crippen molar-refractivity contribution in [3.05, 3.63) is 63.1 Å². The van der Waals surface area contributed by atoms with Crippen molar-refractivity contribution < 1.29 is 14.6 Å². The van der Waals surface area contributed by atoms with Crippen LogP contribution in [0.5, 0.6) is 5.75 Å². The van der Waals surface area contributed by atoms with Crippen LogP contribution < -0.4 is 4.74 Å². The first kappa shape index (κ1) is 17.0. The first-order valence-corrected chi connectivity index (χ1v) is 9.01. The zero-order valence-corrected chi connectivity index (χ0v) is 15.5. The molecule has 24 heavy (non-hydrogen) atoms. The highest BCUT2D eigenvalue weighted by Gasteiger charge is 2.30. The van der Waals surface area contributed by atoms with Gasteiger partial charge < -0.3 is 9.84 Å². The number of aryl methyl sites for hydroxylation is 2. The molecular weight excluding hydrogens is 368 g/mol. The van der Waals surface area contributed by atoms with Crippen molar-refractivity contribution in [1.82, 2.24) is 0 Å². The fraction of sp³-hybridized carbons (Fsp3) is 0.350. The molecule has 4 heteroatoms. The predicted octanol–water partition coefficient (Wildman–Crippen LogP) is 5.68. The van der Waals surface area contributed by atoms with Crippen LogP contribution in [-0.4, -0.2) is 11.1 Å². The van der Waals surface area contributed by atoms with E-state index in [-0.39, 0.29) is 6.10 Å². The van der Waals surface area contributed by atoms with Crippen LogP contribution in [0.2, 0.25) is 0 Å². The van der Waals surface area contributed by atoms with Gasteiger partial charge in [0.1, 0.15) is 11.9 Å².